The van der Waals surface area contributed by atoms with Gasteiger partial charge in [-0.05, 0) is 29.4 Å². The molecule has 27 heavy (non-hydrogen) atoms. The van der Waals surface area contributed by atoms with Crippen LogP contribution in [0.25, 0.3) is 0 Å². The molecule has 0 radical (unpaired) electrons. The second-order valence-corrected chi connectivity index (χ2v) is 10.1. The molecule has 0 saturated carbocycles. The Balaban J connectivity index is 2.22. The highest BCUT2D eigenvalue weighted by Gasteiger charge is 2.34. The van der Waals surface area contributed by atoms with Crippen molar-refractivity contribution in [3.05, 3.63) is 29.3 Å². The summed E-state index contributed by atoms with van der Waals surface area (Å²) >= 11 is 0. The third-order valence-corrected chi connectivity index (χ3v) is 6.76. The van der Waals surface area contributed by atoms with Crippen LogP contribution in [0.5, 0.6) is 0 Å². The molecule has 1 aromatic carbocycles. The minimum absolute atomic E-state index is 0.0662. The lowest BCUT2D eigenvalue weighted by Gasteiger charge is -2.27. The molecular weight excluding hydrogens is 364 g/mol. The normalized spacial score (nSPS) is 18.7. The first-order valence-electron chi connectivity index (χ1n) is 9.42. The lowest BCUT2D eigenvalue weighted by molar-refractivity contribution is -0.134. The summed E-state index contributed by atoms with van der Waals surface area (Å²) in [5.74, 6) is -0.111. The number of amides is 2. The summed E-state index contributed by atoms with van der Waals surface area (Å²) in [5.41, 5.74) is 2.90. The van der Waals surface area contributed by atoms with Crippen molar-refractivity contribution in [2.75, 3.05) is 23.4 Å². The molecule has 7 heteroatoms. The fourth-order valence-corrected chi connectivity index (χ4v) is 5.28. The van der Waals surface area contributed by atoms with Crippen LogP contribution < -0.4 is 5.32 Å². The van der Waals surface area contributed by atoms with Crippen molar-refractivity contribution in [2.45, 2.75) is 58.9 Å². The van der Waals surface area contributed by atoms with Crippen molar-refractivity contribution >= 4 is 27.3 Å². The van der Waals surface area contributed by atoms with Gasteiger partial charge in [-0.15, -0.1) is 0 Å². The van der Waals surface area contributed by atoms with E-state index < -0.39 is 15.9 Å². The standard InChI is InChI=1S/C20H30N2O4S/c1-13(2)17-7-6-8-18(14(3)4)20(17)21-19(24)11-22(15(5)23)16-9-10-27(25,26)12-16/h6-8,13-14,16H,9-12H2,1-5H3,(H,21,24). The summed E-state index contributed by atoms with van der Waals surface area (Å²) in [5, 5.41) is 2.99. The highest BCUT2D eigenvalue weighted by Crippen LogP contribution is 2.32. The first-order chi connectivity index (χ1) is 12.5. The number of rotatable bonds is 6. The molecule has 1 saturated heterocycles. The van der Waals surface area contributed by atoms with Gasteiger partial charge in [0.25, 0.3) is 0 Å². The molecule has 1 aromatic rings. The fourth-order valence-electron chi connectivity index (χ4n) is 3.55. The van der Waals surface area contributed by atoms with Crippen molar-refractivity contribution in [1.29, 1.82) is 0 Å². The number of nitrogens with zero attached hydrogens (tertiary/aromatic N) is 1. The summed E-state index contributed by atoms with van der Waals surface area (Å²) in [7, 11) is -3.13. The molecule has 0 aromatic heterocycles. The Morgan fingerprint density at radius 2 is 1.70 bits per heavy atom. The van der Waals surface area contributed by atoms with Crippen molar-refractivity contribution in [2.24, 2.45) is 0 Å². The van der Waals surface area contributed by atoms with Gasteiger partial charge in [-0.3, -0.25) is 9.59 Å². The summed E-state index contributed by atoms with van der Waals surface area (Å²) < 4.78 is 23.5. The van der Waals surface area contributed by atoms with Crippen LogP contribution in [0.1, 0.15) is 64.0 Å². The molecular formula is C20H30N2O4S. The molecule has 150 valence electrons. The maximum atomic E-state index is 12.7. The first kappa shape index (κ1) is 21.4. The van der Waals surface area contributed by atoms with Gasteiger partial charge in [0, 0.05) is 18.7 Å². The topological polar surface area (TPSA) is 83.6 Å². The summed E-state index contributed by atoms with van der Waals surface area (Å²) in [4.78, 5) is 26.2. The second-order valence-electron chi connectivity index (χ2n) is 7.87. The zero-order valence-electron chi connectivity index (χ0n) is 16.8. The Bertz CT molecular complexity index is 789. The molecule has 1 heterocycles. The van der Waals surface area contributed by atoms with Gasteiger partial charge in [-0.1, -0.05) is 45.9 Å². The van der Waals surface area contributed by atoms with Gasteiger partial charge in [-0.25, -0.2) is 8.42 Å². The number of hydrogen-bond donors (Lipinski definition) is 1. The van der Waals surface area contributed by atoms with E-state index in [1.54, 1.807) is 0 Å². The number of benzene rings is 1. The molecule has 0 bridgehead atoms. The van der Waals surface area contributed by atoms with E-state index in [1.165, 1.54) is 11.8 Å². The smallest absolute Gasteiger partial charge is 0.244 e. The average molecular weight is 395 g/mol. The van der Waals surface area contributed by atoms with Gasteiger partial charge in [0.2, 0.25) is 11.8 Å². The number of carbonyl (C=O) groups is 2. The monoisotopic (exact) mass is 394 g/mol. The quantitative estimate of drug-likeness (QED) is 0.804. The van der Waals surface area contributed by atoms with Crippen LogP contribution in [-0.2, 0) is 19.4 Å². The number of sulfone groups is 1. The minimum atomic E-state index is -3.13. The number of hydrogen-bond acceptors (Lipinski definition) is 4. The molecule has 1 atom stereocenters. The predicted octanol–water partition coefficient (Wildman–Crippen LogP) is 2.91. The number of para-hydroxylation sites is 1. The van der Waals surface area contributed by atoms with Crippen LogP contribution in [0.4, 0.5) is 5.69 Å². The lowest BCUT2D eigenvalue weighted by atomic mass is 9.92. The van der Waals surface area contributed by atoms with E-state index in [0.29, 0.717) is 6.42 Å². The highest BCUT2D eigenvalue weighted by molar-refractivity contribution is 7.91. The third kappa shape index (κ3) is 5.31. The molecule has 0 aliphatic carbocycles. The van der Waals surface area contributed by atoms with Gasteiger partial charge in [0.1, 0.15) is 6.54 Å². The zero-order chi connectivity index (χ0) is 20.4. The van der Waals surface area contributed by atoms with Crippen molar-refractivity contribution in [3.63, 3.8) is 0 Å². The van der Waals surface area contributed by atoms with Crippen LogP contribution in [0.2, 0.25) is 0 Å². The van der Waals surface area contributed by atoms with Gasteiger partial charge in [0.05, 0.1) is 11.5 Å². The molecule has 0 spiro atoms. The summed E-state index contributed by atoms with van der Waals surface area (Å²) in [6.45, 7) is 9.51. The Morgan fingerprint density at radius 1 is 1.15 bits per heavy atom. The lowest BCUT2D eigenvalue weighted by Crippen LogP contribution is -2.44. The Morgan fingerprint density at radius 3 is 2.11 bits per heavy atom. The Kier molecular flexibility index (Phi) is 6.68. The van der Waals surface area contributed by atoms with Crippen LogP contribution in [0.15, 0.2) is 18.2 Å². The second kappa shape index (κ2) is 8.42. The molecule has 1 aliphatic heterocycles. The Labute approximate surface area is 162 Å². The van der Waals surface area contributed by atoms with E-state index in [1.807, 2.05) is 18.2 Å². The SMILES string of the molecule is CC(=O)N(CC(=O)Nc1c(C(C)C)cccc1C(C)C)C1CCS(=O)(=O)C1. The van der Waals surface area contributed by atoms with E-state index >= 15 is 0 Å². The molecule has 2 rings (SSSR count). The maximum absolute atomic E-state index is 12.7. The van der Waals surface area contributed by atoms with Gasteiger partial charge in [0.15, 0.2) is 9.84 Å². The van der Waals surface area contributed by atoms with Gasteiger partial charge < -0.3 is 10.2 Å². The van der Waals surface area contributed by atoms with Crippen LogP contribution in [-0.4, -0.2) is 49.2 Å². The molecule has 2 amide bonds. The molecule has 1 N–H and O–H groups in total. The predicted molar refractivity (Wildman–Crippen MR) is 108 cm³/mol. The van der Waals surface area contributed by atoms with Gasteiger partial charge >= 0.3 is 0 Å². The number of anilines is 1. The minimum Gasteiger partial charge on any atom is -0.330 e. The Hall–Kier alpha value is -1.89. The van der Waals surface area contributed by atoms with E-state index in [4.69, 9.17) is 0 Å². The summed E-state index contributed by atoms with van der Waals surface area (Å²) in [6.07, 6.45) is 0.384. The van der Waals surface area contributed by atoms with Crippen LogP contribution >= 0.6 is 0 Å². The van der Waals surface area contributed by atoms with E-state index in [0.717, 1.165) is 16.8 Å². The zero-order valence-corrected chi connectivity index (χ0v) is 17.6. The molecule has 1 unspecified atom stereocenters. The largest absolute Gasteiger partial charge is 0.330 e. The first-order valence-corrected chi connectivity index (χ1v) is 11.2. The van der Waals surface area contributed by atoms with Crippen molar-refractivity contribution in [3.8, 4) is 0 Å². The molecule has 1 fully saturated rings. The molecule has 6 nitrogen and oxygen atoms in total. The number of nitrogens with one attached hydrogen (secondary N) is 1. The van der Waals surface area contributed by atoms with E-state index in [9.17, 15) is 18.0 Å². The highest BCUT2D eigenvalue weighted by atomic mass is 32.2. The third-order valence-electron chi connectivity index (χ3n) is 5.00. The number of carbonyl (C=O) groups excluding carboxylic acids is 2. The fraction of sp³-hybridized carbons (Fsp3) is 0.600. The molecule has 1 aliphatic rings. The average Bonchev–Trinajstić information content (AvgIpc) is 2.91. The van der Waals surface area contributed by atoms with Gasteiger partial charge in [-0.2, -0.15) is 0 Å². The maximum Gasteiger partial charge on any atom is 0.244 e. The summed E-state index contributed by atoms with van der Waals surface area (Å²) in [6, 6.07) is 5.56. The van der Waals surface area contributed by atoms with Crippen molar-refractivity contribution < 1.29 is 18.0 Å². The van der Waals surface area contributed by atoms with E-state index in [2.05, 4.69) is 33.0 Å². The van der Waals surface area contributed by atoms with Crippen LogP contribution in [0, 0.1) is 0 Å². The van der Waals surface area contributed by atoms with Crippen LogP contribution in [0.3, 0.4) is 0 Å². The van der Waals surface area contributed by atoms with E-state index in [-0.39, 0.29) is 41.7 Å². The van der Waals surface area contributed by atoms with Crippen molar-refractivity contribution in [1.82, 2.24) is 4.90 Å².